The average Bonchev–Trinajstić information content (AvgIpc) is 2.44. The first-order chi connectivity index (χ1) is 9.74. The van der Waals surface area contributed by atoms with Gasteiger partial charge in [0.2, 0.25) is 0 Å². The molecule has 1 fully saturated rings. The molecule has 1 N–H and O–H groups in total. The molecule has 104 valence electrons. The van der Waals surface area contributed by atoms with Gasteiger partial charge in [0.15, 0.2) is 0 Å². The van der Waals surface area contributed by atoms with Crippen LogP contribution >= 0.6 is 0 Å². The first kappa shape index (κ1) is 13.3. The third-order valence-corrected chi connectivity index (χ3v) is 4.27. The van der Waals surface area contributed by atoms with Crippen LogP contribution in [0.1, 0.15) is 42.9 Å². The van der Waals surface area contributed by atoms with E-state index in [1.54, 1.807) is 12.1 Å². The first-order valence-corrected chi connectivity index (χ1v) is 7.29. The lowest BCUT2D eigenvalue weighted by Crippen LogP contribution is -2.41. The highest BCUT2D eigenvalue weighted by atomic mass is 19.1. The number of rotatable bonds is 4. The molecule has 0 bridgehead atoms. The third-order valence-electron chi connectivity index (χ3n) is 4.27. The van der Waals surface area contributed by atoms with Gasteiger partial charge in [0.25, 0.3) is 0 Å². The second-order valence-corrected chi connectivity index (χ2v) is 5.69. The molecule has 1 atom stereocenters. The molecular formula is C18H20FN. The van der Waals surface area contributed by atoms with Gasteiger partial charge in [-0.25, -0.2) is 4.39 Å². The Bertz CT molecular complexity index is 561. The first-order valence-electron chi connectivity index (χ1n) is 7.29. The number of hydrogen-bond donors (Lipinski definition) is 1. The molecule has 0 amide bonds. The van der Waals surface area contributed by atoms with Gasteiger partial charge in [0, 0.05) is 12.1 Å². The van der Waals surface area contributed by atoms with Crippen LogP contribution in [0.15, 0.2) is 54.6 Å². The molecule has 0 spiro atoms. The number of hydrogen-bond acceptors (Lipinski definition) is 1. The summed E-state index contributed by atoms with van der Waals surface area (Å²) in [6.45, 7) is 2.19. The van der Waals surface area contributed by atoms with E-state index in [1.807, 2.05) is 18.2 Å². The Kier molecular flexibility index (Phi) is 3.83. The van der Waals surface area contributed by atoms with Crippen molar-refractivity contribution in [1.29, 1.82) is 0 Å². The molecule has 1 aliphatic carbocycles. The average molecular weight is 269 g/mol. The lowest BCUT2D eigenvalue weighted by molar-refractivity contribution is 0.266. The van der Waals surface area contributed by atoms with Crippen LogP contribution in [-0.2, 0) is 0 Å². The summed E-state index contributed by atoms with van der Waals surface area (Å²) < 4.78 is 13.7. The SMILES string of the molecule is C[C@@H](NC1CC(c2ccccc2F)C1)c1ccccc1. The van der Waals surface area contributed by atoms with Crippen molar-refractivity contribution in [1.82, 2.24) is 5.32 Å². The van der Waals surface area contributed by atoms with Crippen molar-refractivity contribution in [3.05, 3.63) is 71.5 Å². The summed E-state index contributed by atoms with van der Waals surface area (Å²) in [6, 6.07) is 18.4. The van der Waals surface area contributed by atoms with E-state index in [1.165, 1.54) is 5.56 Å². The Labute approximate surface area is 119 Å². The van der Waals surface area contributed by atoms with Crippen molar-refractivity contribution in [3.8, 4) is 0 Å². The van der Waals surface area contributed by atoms with Crippen molar-refractivity contribution in [2.24, 2.45) is 0 Å². The zero-order valence-electron chi connectivity index (χ0n) is 11.7. The van der Waals surface area contributed by atoms with E-state index in [0.717, 1.165) is 18.4 Å². The molecule has 0 radical (unpaired) electrons. The van der Waals surface area contributed by atoms with Crippen LogP contribution in [0.3, 0.4) is 0 Å². The highest BCUT2D eigenvalue weighted by molar-refractivity contribution is 5.25. The molecule has 3 rings (SSSR count). The number of halogens is 1. The summed E-state index contributed by atoms with van der Waals surface area (Å²) in [5.41, 5.74) is 2.18. The van der Waals surface area contributed by atoms with E-state index >= 15 is 0 Å². The molecule has 2 heteroatoms. The van der Waals surface area contributed by atoms with Crippen LogP contribution in [0.5, 0.6) is 0 Å². The summed E-state index contributed by atoms with van der Waals surface area (Å²) in [5.74, 6) is 0.309. The zero-order chi connectivity index (χ0) is 13.9. The largest absolute Gasteiger partial charge is 0.307 e. The molecule has 2 aromatic carbocycles. The monoisotopic (exact) mass is 269 g/mol. The van der Waals surface area contributed by atoms with Gasteiger partial charge in [0.1, 0.15) is 5.82 Å². The Hall–Kier alpha value is -1.67. The van der Waals surface area contributed by atoms with Crippen molar-refractivity contribution >= 4 is 0 Å². The predicted molar refractivity (Wildman–Crippen MR) is 80.2 cm³/mol. The molecule has 20 heavy (non-hydrogen) atoms. The van der Waals surface area contributed by atoms with Crippen LogP contribution in [0.25, 0.3) is 0 Å². The van der Waals surface area contributed by atoms with E-state index < -0.39 is 0 Å². The van der Waals surface area contributed by atoms with Gasteiger partial charge < -0.3 is 5.32 Å². The molecule has 1 aliphatic rings. The minimum Gasteiger partial charge on any atom is -0.307 e. The summed E-state index contributed by atoms with van der Waals surface area (Å²) >= 11 is 0. The topological polar surface area (TPSA) is 12.0 Å². The van der Waals surface area contributed by atoms with Crippen molar-refractivity contribution in [2.45, 2.75) is 37.8 Å². The van der Waals surface area contributed by atoms with Gasteiger partial charge in [-0.1, -0.05) is 48.5 Å². The maximum atomic E-state index is 13.7. The number of benzene rings is 2. The summed E-state index contributed by atoms with van der Waals surface area (Å²) in [7, 11) is 0. The molecule has 0 saturated heterocycles. The normalized spacial score (nSPS) is 23.1. The van der Waals surface area contributed by atoms with Gasteiger partial charge in [0.05, 0.1) is 0 Å². The van der Waals surface area contributed by atoms with Crippen molar-refractivity contribution < 1.29 is 4.39 Å². The highest BCUT2D eigenvalue weighted by Gasteiger charge is 2.32. The molecule has 0 heterocycles. The number of nitrogens with one attached hydrogen (secondary N) is 1. The highest BCUT2D eigenvalue weighted by Crippen LogP contribution is 2.38. The molecular weight excluding hydrogens is 249 g/mol. The molecule has 0 unspecified atom stereocenters. The van der Waals surface area contributed by atoms with Gasteiger partial charge in [-0.3, -0.25) is 0 Å². The standard InChI is InChI=1S/C18H20FN/c1-13(14-7-3-2-4-8-14)20-16-11-15(12-16)17-9-5-6-10-18(17)19/h2-10,13,15-16,20H,11-12H2,1H3/t13-,15?,16?/m1/s1. The molecule has 2 aromatic rings. The summed E-state index contributed by atoms with van der Waals surface area (Å²) in [5, 5.41) is 3.63. The van der Waals surface area contributed by atoms with E-state index in [0.29, 0.717) is 18.0 Å². The van der Waals surface area contributed by atoms with E-state index in [9.17, 15) is 4.39 Å². The minimum atomic E-state index is -0.0629. The second-order valence-electron chi connectivity index (χ2n) is 5.69. The van der Waals surface area contributed by atoms with Crippen LogP contribution in [-0.4, -0.2) is 6.04 Å². The van der Waals surface area contributed by atoms with Crippen molar-refractivity contribution in [3.63, 3.8) is 0 Å². The Morgan fingerprint density at radius 1 is 1.00 bits per heavy atom. The maximum Gasteiger partial charge on any atom is 0.126 e. The van der Waals surface area contributed by atoms with Gasteiger partial charge in [-0.05, 0) is 42.9 Å². The van der Waals surface area contributed by atoms with E-state index in [2.05, 4.69) is 36.5 Å². The van der Waals surface area contributed by atoms with Gasteiger partial charge in [-0.2, -0.15) is 0 Å². The quantitative estimate of drug-likeness (QED) is 0.866. The summed E-state index contributed by atoms with van der Waals surface area (Å²) in [6.07, 6.45) is 2.05. The third kappa shape index (κ3) is 2.75. The van der Waals surface area contributed by atoms with Gasteiger partial charge in [-0.15, -0.1) is 0 Å². The molecule has 1 nitrogen and oxygen atoms in total. The van der Waals surface area contributed by atoms with E-state index in [-0.39, 0.29) is 5.82 Å². The van der Waals surface area contributed by atoms with E-state index in [4.69, 9.17) is 0 Å². The fourth-order valence-corrected chi connectivity index (χ4v) is 3.01. The summed E-state index contributed by atoms with van der Waals surface area (Å²) in [4.78, 5) is 0. The maximum absolute atomic E-state index is 13.7. The minimum absolute atomic E-state index is 0.0629. The lowest BCUT2D eigenvalue weighted by Gasteiger charge is -2.38. The van der Waals surface area contributed by atoms with Gasteiger partial charge >= 0.3 is 0 Å². The Morgan fingerprint density at radius 2 is 1.65 bits per heavy atom. The Morgan fingerprint density at radius 3 is 2.35 bits per heavy atom. The van der Waals surface area contributed by atoms with Crippen molar-refractivity contribution in [2.75, 3.05) is 0 Å². The zero-order valence-corrected chi connectivity index (χ0v) is 11.7. The fraction of sp³-hybridized carbons (Fsp3) is 0.333. The smallest absolute Gasteiger partial charge is 0.126 e. The van der Waals surface area contributed by atoms with Crippen LogP contribution < -0.4 is 5.32 Å². The lowest BCUT2D eigenvalue weighted by atomic mass is 9.75. The Balaban J connectivity index is 1.55. The molecule has 1 saturated carbocycles. The fourth-order valence-electron chi connectivity index (χ4n) is 3.01. The van der Waals surface area contributed by atoms with Crippen LogP contribution in [0.2, 0.25) is 0 Å². The second kappa shape index (κ2) is 5.76. The molecule has 0 aliphatic heterocycles. The predicted octanol–water partition coefficient (Wildman–Crippen LogP) is 4.42. The van der Waals surface area contributed by atoms with Crippen LogP contribution in [0.4, 0.5) is 4.39 Å². The molecule has 0 aromatic heterocycles. The van der Waals surface area contributed by atoms with Crippen LogP contribution in [0, 0.1) is 5.82 Å².